The van der Waals surface area contributed by atoms with E-state index in [9.17, 15) is 4.79 Å². The van der Waals surface area contributed by atoms with Gasteiger partial charge in [-0.3, -0.25) is 0 Å². The first-order valence-corrected chi connectivity index (χ1v) is 2.96. The predicted octanol–water partition coefficient (Wildman–Crippen LogP) is 0.298. The summed E-state index contributed by atoms with van der Waals surface area (Å²) in [6.07, 6.45) is 1.93. The van der Waals surface area contributed by atoms with E-state index in [2.05, 4.69) is 4.84 Å². The van der Waals surface area contributed by atoms with Crippen molar-refractivity contribution in [3.63, 3.8) is 0 Å². The highest BCUT2D eigenvalue weighted by Crippen LogP contribution is 1.98. The minimum absolute atomic E-state index is 0.148. The van der Waals surface area contributed by atoms with Crippen LogP contribution in [0.15, 0.2) is 11.6 Å². The number of carbonyl (C=O) groups is 1. The number of rotatable bonds is 4. The van der Waals surface area contributed by atoms with Gasteiger partial charge in [0.05, 0.1) is 6.61 Å². The third-order valence-electron chi connectivity index (χ3n) is 1.08. The zero-order chi connectivity index (χ0) is 7.98. The summed E-state index contributed by atoms with van der Waals surface area (Å²) in [5.41, 5.74) is 0.324. The Balaban J connectivity index is 3.91. The van der Waals surface area contributed by atoms with Crippen LogP contribution < -0.4 is 5.90 Å². The highest BCUT2D eigenvalue weighted by atomic mass is 16.6. The van der Waals surface area contributed by atoms with Crippen LogP contribution in [0.4, 0.5) is 0 Å². The summed E-state index contributed by atoms with van der Waals surface area (Å²) in [6.45, 7) is 1.91. The second-order valence-corrected chi connectivity index (χ2v) is 1.72. The number of carboxylic acids is 1. The van der Waals surface area contributed by atoms with Crippen molar-refractivity contribution in [1.29, 1.82) is 0 Å². The van der Waals surface area contributed by atoms with Crippen LogP contribution in [-0.4, -0.2) is 17.7 Å². The topological polar surface area (TPSA) is 72.5 Å². The van der Waals surface area contributed by atoms with Crippen molar-refractivity contribution in [2.45, 2.75) is 13.3 Å². The van der Waals surface area contributed by atoms with Crippen molar-refractivity contribution < 1.29 is 14.7 Å². The maximum atomic E-state index is 10.3. The minimum atomic E-state index is -0.917. The molecule has 0 fully saturated rings. The molecular formula is C6H11NO3. The number of hydrogen-bond acceptors (Lipinski definition) is 3. The highest BCUT2D eigenvalue weighted by Gasteiger charge is 2.01. The van der Waals surface area contributed by atoms with E-state index in [1.54, 1.807) is 6.92 Å². The first-order valence-electron chi connectivity index (χ1n) is 2.96. The maximum absolute atomic E-state index is 10.3. The van der Waals surface area contributed by atoms with Crippen molar-refractivity contribution in [3.8, 4) is 0 Å². The van der Waals surface area contributed by atoms with Crippen LogP contribution >= 0.6 is 0 Å². The molecule has 0 aliphatic rings. The van der Waals surface area contributed by atoms with E-state index in [0.29, 0.717) is 12.0 Å². The van der Waals surface area contributed by atoms with E-state index in [4.69, 9.17) is 11.0 Å². The van der Waals surface area contributed by atoms with Gasteiger partial charge in [0, 0.05) is 5.57 Å². The molecule has 0 saturated heterocycles. The maximum Gasteiger partial charge on any atom is 0.331 e. The molecule has 0 aromatic carbocycles. The van der Waals surface area contributed by atoms with E-state index in [0.717, 1.165) is 0 Å². The van der Waals surface area contributed by atoms with Crippen molar-refractivity contribution in [2.24, 2.45) is 5.90 Å². The second-order valence-electron chi connectivity index (χ2n) is 1.72. The molecule has 4 heteroatoms. The van der Waals surface area contributed by atoms with Crippen molar-refractivity contribution in [1.82, 2.24) is 0 Å². The molecule has 0 aliphatic heterocycles. The van der Waals surface area contributed by atoms with Gasteiger partial charge in [-0.25, -0.2) is 10.7 Å². The van der Waals surface area contributed by atoms with Gasteiger partial charge in [0.2, 0.25) is 0 Å². The highest BCUT2D eigenvalue weighted by molar-refractivity contribution is 5.86. The average Bonchev–Trinajstić information content (AvgIpc) is 1.89. The Morgan fingerprint density at radius 2 is 2.40 bits per heavy atom. The Kier molecular flexibility index (Phi) is 4.53. The van der Waals surface area contributed by atoms with Gasteiger partial charge in [0.25, 0.3) is 0 Å². The summed E-state index contributed by atoms with van der Waals surface area (Å²) >= 11 is 0. The molecule has 58 valence electrons. The fourth-order valence-electron chi connectivity index (χ4n) is 0.532. The lowest BCUT2D eigenvalue weighted by molar-refractivity contribution is -0.132. The Bertz CT molecular complexity index is 142. The lowest BCUT2D eigenvalue weighted by Crippen LogP contribution is -2.03. The molecule has 0 atom stereocenters. The van der Waals surface area contributed by atoms with Crippen LogP contribution in [0.25, 0.3) is 0 Å². The molecule has 0 unspecified atom stereocenters. The molecule has 0 heterocycles. The Hall–Kier alpha value is -0.870. The van der Waals surface area contributed by atoms with E-state index in [1.807, 2.05) is 0 Å². The molecule has 0 aromatic rings. The summed E-state index contributed by atoms with van der Waals surface area (Å²) in [6, 6.07) is 0. The Morgan fingerprint density at radius 3 is 2.70 bits per heavy atom. The van der Waals surface area contributed by atoms with Gasteiger partial charge in [-0.15, -0.1) is 0 Å². The largest absolute Gasteiger partial charge is 0.478 e. The van der Waals surface area contributed by atoms with Gasteiger partial charge in [-0.1, -0.05) is 6.92 Å². The molecule has 0 aromatic heterocycles. The lowest BCUT2D eigenvalue weighted by Gasteiger charge is -1.95. The van der Waals surface area contributed by atoms with Crippen molar-refractivity contribution in [3.05, 3.63) is 11.6 Å². The molecule has 0 rings (SSSR count). The lowest BCUT2D eigenvalue weighted by atomic mass is 10.2. The monoisotopic (exact) mass is 145 g/mol. The van der Waals surface area contributed by atoms with Crippen molar-refractivity contribution >= 4 is 5.97 Å². The number of hydrogen-bond donors (Lipinski definition) is 2. The van der Waals surface area contributed by atoms with Gasteiger partial charge >= 0.3 is 5.97 Å². The normalized spacial score (nSPS) is 11.6. The van der Waals surface area contributed by atoms with Crippen LogP contribution in [0.1, 0.15) is 13.3 Å². The molecule has 0 bridgehead atoms. The SMILES string of the molecule is CCC(=CCON)C(=O)O. The van der Waals surface area contributed by atoms with E-state index >= 15 is 0 Å². The second kappa shape index (κ2) is 4.96. The first-order chi connectivity index (χ1) is 4.72. The number of carboxylic acid groups (broad SMARTS) is 1. The van der Waals surface area contributed by atoms with Gasteiger partial charge < -0.3 is 9.94 Å². The Morgan fingerprint density at radius 1 is 1.80 bits per heavy atom. The molecule has 0 amide bonds. The zero-order valence-corrected chi connectivity index (χ0v) is 5.83. The van der Waals surface area contributed by atoms with E-state index in [-0.39, 0.29) is 6.61 Å². The van der Waals surface area contributed by atoms with Crippen molar-refractivity contribution in [2.75, 3.05) is 6.61 Å². The summed E-state index contributed by atoms with van der Waals surface area (Å²) in [7, 11) is 0. The Labute approximate surface area is 59.2 Å². The zero-order valence-electron chi connectivity index (χ0n) is 5.83. The quantitative estimate of drug-likeness (QED) is 0.440. The number of aliphatic carboxylic acids is 1. The van der Waals surface area contributed by atoms with Gasteiger partial charge in [0.1, 0.15) is 0 Å². The molecule has 0 radical (unpaired) electrons. The molecular weight excluding hydrogens is 134 g/mol. The minimum Gasteiger partial charge on any atom is -0.478 e. The van der Waals surface area contributed by atoms with Crippen LogP contribution in [0.3, 0.4) is 0 Å². The number of nitrogens with two attached hydrogens (primary N) is 1. The third kappa shape index (κ3) is 3.21. The summed E-state index contributed by atoms with van der Waals surface area (Å²) in [4.78, 5) is 14.5. The summed E-state index contributed by atoms with van der Waals surface area (Å²) in [5, 5.41) is 8.44. The molecule has 0 saturated carbocycles. The fraction of sp³-hybridized carbons (Fsp3) is 0.500. The van der Waals surface area contributed by atoms with E-state index in [1.165, 1.54) is 6.08 Å². The van der Waals surface area contributed by atoms with Crippen LogP contribution in [0.5, 0.6) is 0 Å². The standard InChI is InChI=1S/C6H11NO3/c1-2-5(6(8)9)3-4-10-7/h3H,2,4,7H2,1H3,(H,8,9). The summed E-state index contributed by atoms with van der Waals surface area (Å²) < 4.78 is 0. The van der Waals surface area contributed by atoms with Gasteiger partial charge in [0.15, 0.2) is 0 Å². The molecule has 0 aliphatic carbocycles. The van der Waals surface area contributed by atoms with E-state index < -0.39 is 5.97 Å². The molecule has 3 N–H and O–H groups in total. The first kappa shape index (κ1) is 9.13. The average molecular weight is 145 g/mol. The molecule has 0 spiro atoms. The van der Waals surface area contributed by atoms with Crippen LogP contribution in [0.2, 0.25) is 0 Å². The van der Waals surface area contributed by atoms with Gasteiger partial charge in [-0.2, -0.15) is 0 Å². The third-order valence-corrected chi connectivity index (χ3v) is 1.08. The van der Waals surface area contributed by atoms with Gasteiger partial charge in [-0.05, 0) is 12.5 Å². The smallest absolute Gasteiger partial charge is 0.331 e. The summed E-state index contributed by atoms with van der Waals surface area (Å²) in [5.74, 6) is 3.78. The molecule has 10 heavy (non-hydrogen) atoms. The molecule has 4 nitrogen and oxygen atoms in total. The van der Waals surface area contributed by atoms with Crippen LogP contribution in [-0.2, 0) is 9.63 Å². The fourth-order valence-corrected chi connectivity index (χ4v) is 0.532. The van der Waals surface area contributed by atoms with Crippen LogP contribution in [0, 0.1) is 0 Å². The predicted molar refractivity (Wildman–Crippen MR) is 36.1 cm³/mol.